The smallest absolute Gasteiger partial charge is 0.219 e. The second-order valence-electron chi connectivity index (χ2n) is 7.66. The summed E-state index contributed by atoms with van der Waals surface area (Å²) < 4.78 is 0. The van der Waals surface area contributed by atoms with Gasteiger partial charge in [-0.25, -0.2) is 9.97 Å². The number of rotatable bonds is 2. The van der Waals surface area contributed by atoms with E-state index in [-0.39, 0.29) is 5.91 Å². The van der Waals surface area contributed by atoms with Crippen LogP contribution in [-0.4, -0.2) is 51.4 Å². The number of aromatic nitrogens is 2. The Hall–Kier alpha value is -1.49. The molecule has 0 radical (unpaired) electrons. The summed E-state index contributed by atoms with van der Waals surface area (Å²) in [6.07, 6.45) is 10.7. The predicted molar refractivity (Wildman–Crippen MR) is 92.6 cm³/mol. The van der Waals surface area contributed by atoms with Gasteiger partial charge in [-0.05, 0) is 25.7 Å². The Morgan fingerprint density at radius 3 is 2.79 bits per heavy atom. The van der Waals surface area contributed by atoms with Crippen molar-refractivity contribution in [2.45, 2.75) is 70.4 Å². The summed E-state index contributed by atoms with van der Waals surface area (Å²) in [4.78, 5) is 25.8. The first-order chi connectivity index (χ1) is 11.7. The number of likely N-dealkylation sites (tertiary alicyclic amines) is 1. The number of carbonyl (C=O) groups is 1. The highest BCUT2D eigenvalue weighted by molar-refractivity contribution is 5.73. The number of amides is 1. The topological polar surface area (TPSA) is 49.3 Å². The van der Waals surface area contributed by atoms with Crippen molar-refractivity contribution in [1.82, 2.24) is 19.8 Å². The summed E-state index contributed by atoms with van der Waals surface area (Å²) in [5.74, 6) is 1.43. The molecule has 1 aliphatic carbocycles. The van der Waals surface area contributed by atoms with E-state index in [1.807, 2.05) is 4.90 Å². The third kappa shape index (κ3) is 3.18. The number of carbonyl (C=O) groups excluding carboxylic acids is 1. The molecule has 0 spiro atoms. The minimum Gasteiger partial charge on any atom is -0.342 e. The van der Waals surface area contributed by atoms with Crippen LogP contribution < -0.4 is 0 Å². The van der Waals surface area contributed by atoms with Crippen molar-refractivity contribution in [3.63, 3.8) is 0 Å². The molecule has 1 amide bonds. The number of fused-ring (bicyclic) bond motifs is 1. The van der Waals surface area contributed by atoms with Crippen molar-refractivity contribution in [1.29, 1.82) is 0 Å². The normalized spacial score (nSPS) is 25.7. The van der Waals surface area contributed by atoms with Crippen LogP contribution in [0, 0.1) is 0 Å². The summed E-state index contributed by atoms with van der Waals surface area (Å²) in [5.41, 5.74) is 2.56. The van der Waals surface area contributed by atoms with E-state index in [0.717, 1.165) is 57.3 Å². The van der Waals surface area contributed by atoms with Gasteiger partial charge in [-0.3, -0.25) is 9.69 Å². The van der Waals surface area contributed by atoms with Crippen LogP contribution in [0.15, 0.2) is 6.20 Å². The fraction of sp³-hybridized carbons (Fsp3) is 0.737. The first kappa shape index (κ1) is 16.0. The quantitative estimate of drug-likeness (QED) is 0.837. The van der Waals surface area contributed by atoms with Gasteiger partial charge in [0.2, 0.25) is 5.91 Å². The molecular weight excluding hydrogens is 300 g/mol. The van der Waals surface area contributed by atoms with Crippen LogP contribution in [0.2, 0.25) is 0 Å². The number of hydrogen-bond acceptors (Lipinski definition) is 4. The van der Waals surface area contributed by atoms with Crippen LogP contribution in [-0.2, 0) is 17.8 Å². The molecule has 2 fully saturated rings. The van der Waals surface area contributed by atoms with Gasteiger partial charge in [-0.15, -0.1) is 0 Å². The Morgan fingerprint density at radius 2 is 2.00 bits per heavy atom. The van der Waals surface area contributed by atoms with E-state index in [4.69, 9.17) is 9.97 Å². The number of piperidine rings is 1. The van der Waals surface area contributed by atoms with E-state index >= 15 is 0 Å². The SMILES string of the molecule is CC(=O)N1CCC[C@H](c2ncc3c(n2)CCN(C2CCCC2)C3)C1. The van der Waals surface area contributed by atoms with Gasteiger partial charge in [0.05, 0.1) is 0 Å². The molecule has 3 heterocycles. The van der Waals surface area contributed by atoms with Crippen LogP contribution in [0.25, 0.3) is 0 Å². The zero-order valence-electron chi connectivity index (χ0n) is 14.7. The van der Waals surface area contributed by atoms with E-state index in [1.165, 1.54) is 36.9 Å². The highest BCUT2D eigenvalue weighted by Crippen LogP contribution is 2.29. The zero-order chi connectivity index (χ0) is 16.5. The Balaban J connectivity index is 1.47. The lowest BCUT2D eigenvalue weighted by Crippen LogP contribution is -2.39. The molecular formula is C19H28N4O. The van der Waals surface area contributed by atoms with Gasteiger partial charge < -0.3 is 4.90 Å². The minimum atomic E-state index is 0.171. The maximum absolute atomic E-state index is 11.6. The molecule has 5 nitrogen and oxygen atoms in total. The average molecular weight is 328 g/mol. The van der Waals surface area contributed by atoms with E-state index in [2.05, 4.69) is 11.1 Å². The Bertz CT molecular complexity index is 611. The molecule has 1 saturated heterocycles. The van der Waals surface area contributed by atoms with Gasteiger partial charge in [0.15, 0.2) is 0 Å². The minimum absolute atomic E-state index is 0.171. The Kier molecular flexibility index (Phi) is 4.53. The molecule has 4 rings (SSSR count). The van der Waals surface area contributed by atoms with E-state index in [0.29, 0.717) is 5.92 Å². The van der Waals surface area contributed by atoms with Crippen molar-refractivity contribution in [3.8, 4) is 0 Å². The third-order valence-corrected chi connectivity index (χ3v) is 6.06. The fourth-order valence-electron chi connectivity index (χ4n) is 4.61. The molecule has 1 aromatic heterocycles. The van der Waals surface area contributed by atoms with Gasteiger partial charge in [0.1, 0.15) is 5.82 Å². The van der Waals surface area contributed by atoms with Gasteiger partial charge in [0, 0.05) is 68.9 Å². The van der Waals surface area contributed by atoms with Crippen LogP contribution in [0.1, 0.15) is 68.4 Å². The largest absolute Gasteiger partial charge is 0.342 e. The number of nitrogens with zero attached hydrogens (tertiary/aromatic N) is 4. The lowest BCUT2D eigenvalue weighted by atomic mass is 9.96. The molecule has 5 heteroatoms. The van der Waals surface area contributed by atoms with E-state index in [1.54, 1.807) is 6.92 Å². The third-order valence-electron chi connectivity index (χ3n) is 6.06. The molecule has 1 aromatic rings. The molecule has 130 valence electrons. The van der Waals surface area contributed by atoms with Crippen molar-refractivity contribution in [3.05, 3.63) is 23.3 Å². The van der Waals surface area contributed by atoms with Crippen LogP contribution >= 0.6 is 0 Å². The predicted octanol–water partition coefficient (Wildman–Crippen LogP) is 2.50. The summed E-state index contributed by atoms with van der Waals surface area (Å²) in [6.45, 7) is 5.48. The van der Waals surface area contributed by atoms with Crippen molar-refractivity contribution < 1.29 is 4.79 Å². The summed E-state index contributed by atoms with van der Waals surface area (Å²) >= 11 is 0. The van der Waals surface area contributed by atoms with Crippen molar-refractivity contribution in [2.75, 3.05) is 19.6 Å². The number of hydrogen-bond donors (Lipinski definition) is 0. The van der Waals surface area contributed by atoms with Crippen LogP contribution in [0.5, 0.6) is 0 Å². The first-order valence-corrected chi connectivity index (χ1v) is 9.55. The second-order valence-corrected chi connectivity index (χ2v) is 7.66. The molecule has 1 atom stereocenters. The van der Waals surface area contributed by atoms with Gasteiger partial charge in [-0.1, -0.05) is 12.8 Å². The van der Waals surface area contributed by atoms with Gasteiger partial charge >= 0.3 is 0 Å². The fourth-order valence-corrected chi connectivity index (χ4v) is 4.61. The Morgan fingerprint density at radius 1 is 1.17 bits per heavy atom. The van der Waals surface area contributed by atoms with E-state index in [9.17, 15) is 4.79 Å². The maximum Gasteiger partial charge on any atom is 0.219 e. The first-order valence-electron chi connectivity index (χ1n) is 9.55. The van der Waals surface area contributed by atoms with Crippen molar-refractivity contribution in [2.24, 2.45) is 0 Å². The molecule has 3 aliphatic rings. The van der Waals surface area contributed by atoms with Crippen LogP contribution in [0.4, 0.5) is 0 Å². The average Bonchev–Trinajstić information content (AvgIpc) is 3.15. The monoisotopic (exact) mass is 328 g/mol. The molecule has 0 unspecified atom stereocenters. The van der Waals surface area contributed by atoms with Crippen molar-refractivity contribution >= 4 is 5.91 Å². The molecule has 0 aromatic carbocycles. The Labute approximate surface area is 144 Å². The molecule has 0 bridgehead atoms. The highest BCUT2D eigenvalue weighted by atomic mass is 16.2. The molecule has 1 saturated carbocycles. The zero-order valence-corrected chi connectivity index (χ0v) is 14.7. The second kappa shape index (κ2) is 6.79. The molecule has 24 heavy (non-hydrogen) atoms. The van der Waals surface area contributed by atoms with E-state index < -0.39 is 0 Å². The summed E-state index contributed by atoms with van der Waals surface area (Å²) in [7, 11) is 0. The summed E-state index contributed by atoms with van der Waals surface area (Å²) in [5, 5.41) is 0. The lowest BCUT2D eigenvalue weighted by Gasteiger charge is -2.34. The maximum atomic E-state index is 11.6. The van der Waals surface area contributed by atoms with Gasteiger partial charge in [-0.2, -0.15) is 0 Å². The van der Waals surface area contributed by atoms with Gasteiger partial charge in [0.25, 0.3) is 0 Å². The lowest BCUT2D eigenvalue weighted by molar-refractivity contribution is -0.130. The standard InChI is InChI=1S/C19H28N4O/c1-14(24)22-9-4-5-15(12-22)19-20-11-16-13-23(10-8-18(16)21-19)17-6-2-3-7-17/h11,15,17H,2-10,12-13H2,1H3/t15-/m0/s1. The molecule has 2 aliphatic heterocycles. The highest BCUT2D eigenvalue weighted by Gasteiger charge is 2.29. The van der Waals surface area contributed by atoms with Crippen LogP contribution in [0.3, 0.4) is 0 Å². The molecule has 0 N–H and O–H groups in total. The summed E-state index contributed by atoms with van der Waals surface area (Å²) in [6, 6.07) is 0.778.